The zero-order valence-electron chi connectivity index (χ0n) is 8.67. The molecule has 0 spiro atoms. The number of hydrogen-bond acceptors (Lipinski definition) is 3. The van der Waals surface area contributed by atoms with Gasteiger partial charge in [-0.25, -0.2) is 0 Å². The lowest BCUT2D eigenvalue weighted by Crippen LogP contribution is -2.37. The van der Waals surface area contributed by atoms with E-state index >= 15 is 0 Å². The standard InChI is InChI=1S/C9H20N2OS/c1-4-8(13-6-5-10)9(12)11-7(2)3/h7-8H,4-6,10H2,1-3H3,(H,11,12). The number of hydrogen-bond donors (Lipinski definition) is 2. The maximum atomic E-state index is 11.5. The van der Waals surface area contributed by atoms with Gasteiger partial charge in [0, 0.05) is 18.3 Å². The van der Waals surface area contributed by atoms with E-state index in [4.69, 9.17) is 5.73 Å². The maximum Gasteiger partial charge on any atom is 0.233 e. The summed E-state index contributed by atoms with van der Waals surface area (Å²) in [5, 5.41) is 2.96. The van der Waals surface area contributed by atoms with Crippen LogP contribution < -0.4 is 11.1 Å². The molecule has 78 valence electrons. The highest BCUT2D eigenvalue weighted by Gasteiger charge is 2.16. The summed E-state index contributed by atoms with van der Waals surface area (Å²) >= 11 is 1.63. The van der Waals surface area contributed by atoms with Gasteiger partial charge in [-0.05, 0) is 20.3 Å². The van der Waals surface area contributed by atoms with E-state index < -0.39 is 0 Å². The molecule has 1 atom stereocenters. The van der Waals surface area contributed by atoms with Gasteiger partial charge in [0.1, 0.15) is 0 Å². The average Bonchev–Trinajstić information content (AvgIpc) is 2.04. The minimum absolute atomic E-state index is 0.0611. The average molecular weight is 204 g/mol. The Kier molecular flexibility index (Phi) is 7.09. The van der Waals surface area contributed by atoms with Gasteiger partial charge in [0.15, 0.2) is 0 Å². The highest BCUT2D eigenvalue weighted by molar-refractivity contribution is 8.00. The number of nitrogens with two attached hydrogens (primary N) is 1. The number of rotatable bonds is 6. The molecule has 0 aliphatic heterocycles. The molecule has 13 heavy (non-hydrogen) atoms. The summed E-state index contributed by atoms with van der Waals surface area (Å²) in [6.07, 6.45) is 0.864. The monoisotopic (exact) mass is 204 g/mol. The van der Waals surface area contributed by atoms with Crippen LogP contribution in [0.25, 0.3) is 0 Å². The van der Waals surface area contributed by atoms with Crippen LogP contribution >= 0.6 is 11.8 Å². The third-order valence-electron chi connectivity index (χ3n) is 1.53. The van der Waals surface area contributed by atoms with Crippen LogP contribution in [0.4, 0.5) is 0 Å². The van der Waals surface area contributed by atoms with Gasteiger partial charge in [-0.15, -0.1) is 11.8 Å². The molecule has 0 saturated carbocycles. The summed E-state index contributed by atoms with van der Waals surface area (Å²) in [6.45, 7) is 6.60. The van der Waals surface area contributed by atoms with E-state index in [-0.39, 0.29) is 17.2 Å². The summed E-state index contributed by atoms with van der Waals surface area (Å²) in [4.78, 5) is 11.5. The van der Waals surface area contributed by atoms with E-state index in [1.54, 1.807) is 11.8 Å². The fourth-order valence-electron chi connectivity index (χ4n) is 0.967. The van der Waals surface area contributed by atoms with Crippen LogP contribution in [0.2, 0.25) is 0 Å². The molecule has 3 nitrogen and oxygen atoms in total. The van der Waals surface area contributed by atoms with Gasteiger partial charge < -0.3 is 11.1 Å². The van der Waals surface area contributed by atoms with Crippen molar-refractivity contribution in [2.75, 3.05) is 12.3 Å². The van der Waals surface area contributed by atoms with Crippen LogP contribution in [0.15, 0.2) is 0 Å². The van der Waals surface area contributed by atoms with Crippen molar-refractivity contribution in [2.45, 2.75) is 38.5 Å². The smallest absolute Gasteiger partial charge is 0.233 e. The molecule has 3 N–H and O–H groups in total. The van der Waals surface area contributed by atoms with E-state index in [2.05, 4.69) is 5.32 Å². The van der Waals surface area contributed by atoms with Crippen molar-refractivity contribution in [3.63, 3.8) is 0 Å². The molecule has 0 aliphatic carbocycles. The van der Waals surface area contributed by atoms with Crippen LogP contribution in [0.1, 0.15) is 27.2 Å². The van der Waals surface area contributed by atoms with Gasteiger partial charge in [-0.2, -0.15) is 0 Å². The lowest BCUT2D eigenvalue weighted by Gasteiger charge is -2.16. The van der Waals surface area contributed by atoms with Crippen LogP contribution in [0.5, 0.6) is 0 Å². The van der Waals surface area contributed by atoms with Gasteiger partial charge in [-0.1, -0.05) is 6.92 Å². The second kappa shape index (κ2) is 7.21. The van der Waals surface area contributed by atoms with Crippen molar-refractivity contribution >= 4 is 17.7 Å². The molecular formula is C9H20N2OS. The van der Waals surface area contributed by atoms with Crippen molar-refractivity contribution in [3.05, 3.63) is 0 Å². The minimum Gasteiger partial charge on any atom is -0.353 e. The molecule has 0 aromatic heterocycles. The first-order valence-electron chi connectivity index (χ1n) is 4.73. The number of nitrogens with one attached hydrogen (secondary N) is 1. The lowest BCUT2D eigenvalue weighted by molar-refractivity contribution is -0.121. The molecule has 1 unspecified atom stereocenters. The van der Waals surface area contributed by atoms with Crippen molar-refractivity contribution in [1.82, 2.24) is 5.32 Å². The van der Waals surface area contributed by atoms with Gasteiger partial charge in [0.25, 0.3) is 0 Å². The Morgan fingerprint density at radius 1 is 1.54 bits per heavy atom. The van der Waals surface area contributed by atoms with E-state index in [9.17, 15) is 4.79 Å². The van der Waals surface area contributed by atoms with Crippen LogP contribution in [-0.2, 0) is 4.79 Å². The zero-order valence-corrected chi connectivity index (χ0v) is 9.49. The first-order valence-corrected chi connectivity index (χ1v) is 5.78. The number of carbonyl (C=O) groups is 1. The Morgan fingerprint density at radius 2 is 2.15 bits per heavy atom. The molecule has 0 bridgehead atoms. The minimum atomic E-state index is 0.0611. The van der Waals surface area contributed by atoms with E-state index in [1.165, 1.54) is 0 Å². The SMILES string of the molecule is CCC(SCCN)C(=O)NC(C)C. The number of amides is 1. The third-order valence-corrected chi connectivity index (χ3v) is 2.95. The number of carbonyl (C=O) groups excluding carboxylic acids is 1. The van der Waals surface area contributed by atoms with Crippen LogP contribution in [0.3, 0.4) is 0 Å². The molecule has 0 aliphatic rings. The molecule has 0 rings (SSSR count). The first kappa shape index (κ1) is 12.8. The summed E-state index contributed by atoms with van der Waals surface area (Å²) in [6, 6.07) is 0.222. The molecule has 0 saturated heterocycles. The largest absolute Gasteiger partial charge is 0.353 e. The maximum absolute atomic E-state index is 11.5. The summed E-state index contributed by atoms with van der Waals surface area (Å²) < 4.78 is 0. The first-order chi connectivity index (χ1) is 6.11. The van der Waals surface area contributed by atoms with Gasteiger partial charge in [0.2, 0.25) is 5.91 Å². The Morgan fingerprint density at radius 3 is 2.54 bits per heavy atom. The van der Waals surface area contributed by atoms with Crippen molar-refractivity contribution < 1.29 is 4.79 Å². The Hall–Kier alpha value is -0.220. The molecule has 1 amide bonds. The summed E-state index contributed by atoms with van der Waals surface area (Å²) in [5.74, 6) is 0.986. The zero-order chi connectivity index (χ0) is 10.3. The Labute approximate surface area is 84.8 Å². The Bertz CT molecular complexity index is 151. The van der Waals surface area contributed by atoms with Crippen molar-refractivity contribution in [1.29, 1.82) is 0 Å². The van der Waals surface area contributed by atoms with Crippen molar-refractivity contribution in [2.24, 2.45) is 5.73 Å². The predicted molar refractivity (Wildman–Crippen MR) is 58.9 cm³/mol. The highest BCUT2D eigenvalue weighted by Crippen LogP contribution is 2.13. The second-order valence-corrected chi connectivity index (χ2v) is 4.53. The molecule has 0 fully saturated rings. The molecular weight excluding hydrogens is 184 g/mol. The highest BCUT2D eigenvalue weighted by atomic mass is 32.2. The van der Waals surface area contributed by atoms with Gasteiger partial charge in [0.05, 0.1) is 5.25 Å². The lowest BCUT2D eigenvalue weighted by atomic mass is 10.3. The molecule has 0 radical (unpaired) electrons. The summed E-state index contributed by atoms with van der Waals surface area (Å²) in [7, 11) is 0. The van der Waals surface area contributed by atoms with Gasteiger partial charge >= 0.3 is 0 Å². The predicted octanol–water partition coefficient (Wildman–Crippen LogP) is 0.982. The normalized spacial score (nSPS) is 13.0. The van der Waals surface area contributed by atoms with Crippen molar-refractivity contribution in [3.8, 4) is 0 Å². The van der Waals surface area contributed by atoms with E-state index in [0.29, 0.717) is 6.54 Å². The molecule has 4 heteroatoms. The topological polar surface area (TPSA) is 55.1 Å². The molecule has 0 heterocycles. The quantitative estimate of drug-likeness (QED) is 0.678. The summed E-state index contributed by atoms with van der Waals surface area (Å²) in [5.41, 5.74) is 5.38. The fourth-order valence-corrected chi connectivity index (χ4v) is 1.84. The number of thioether (sulfide) groups is 1. The van der Waals surface area contributed by atoms with Crippen LogP contribution in [-0.4, -0.2) is 29.5 Å². The van der Waals surface area contributed by atoms with Gasteiger partial charge in [-0.3, -0.25) is 4.79 Å². The van der Waals surface area contributed by atoms with Crippen LogP contribution in [0, 0.1) is 0 Å². The molecule has 0 aromatic carbocycles. The fraction of sp³-hybridized carbons (Fsp3) is 0.889. The van der Waals surface area contributed by atoms with E-state index in [0.717, 1.165) is 12.2 Å². The second-order valence-electron chi connectivity index (χ2n) is 3.22. The van der Waals surface area contributed by atoms with E-state index in [1.807, 2.05) is 20.8 Å². The molecule has 0 aromatic rings. The Balaban J connectivity index is 3.84. The third kappa shape index (κ3) is 5.93.